The van der Waals surface area contributed by atoms with E-state index in [0.29, 0.717) is 5.92 Å². The van der Waals surface area contributed by atoms with Crippen molar-refractivity contribution in [2.24, 2.45) is 11.8 Å². The monoisotopic (exact) mass is 173 g/mol. The molecule has 1 nitrogen and oxygen atoms in total. The largest absolute Gasteiger partial charge is 0.388 e. The first-order valence-electron chi connectivity index (χ1n) is 5.28. The van der Waals surface area contributed by atoms with Crippen LogP contribution in [0.2, 0.25) is 0 Å². The van der Waals surface area contributed by atoms with Crippen LogP contribution in [0.15, 0.2) is 35.6 Å². The standard InChI is InChI=1S/C12H15N/c1-2-4-11-9(3-1)5-6-10-7-8-13-12(10)11/h1-4,9-10,13H,5-8H2. The highest BCUT2D eigenvalue weighted by atomic mass is 14.9. The van der Waals surface area contributed by atoms with Gasteiger partial charge >= 0.3 is 0 Å². The Labute approximate surface area is 79.2 Å². The fourth-order valence-electron chi connectivity index (χ4n) is 2.80. The van der Waals surface area contributed by atoms with Gasteiger partial charge in [-0.1, -0.05) is 24.3 Å². The summed E-state index contributed by atoms with van der Waals surface area (Å²) in [6, 6.07) is 0. The highest BCUT2D eigenvalue weighted by molar-refractivity contribution is 5.39. The smallest absolute Gasteiger partial charge is 0.0177 e. The maximum absolute atomic E-state index is 3.55. The van der Waals surface area contributed by atoms with Crippen molar-refractivity contribution in [2.75, 3.05) is 6.54 Å². The maximum Gasteiger partial charge on any atom is 0.0177 e. The lowest BCUT2D eigenvalue weighted by Crippen LogP contribution is -2.20. The van der Waals surface area contributed by atoms with E-state index in [4.69, 9.17) is 0 Å². The molecule has 1 saturated heterocycles. The molecular weight excluding hydrogens is 158 g/mol. The lowest BCUT2D eigenvalue weighted by molar-refractivity contribution is 0.474. The summed E-state index contributed by atoms with van der Waals surface area (Å²) in [4.78, 5) is 0. The summed E-state index contributed by atoms with van der Waals surface area (Å²) in [6.45, 7) is 1.19. The van der Waals surface area contributed by atoms with Gasteiger partial charge in [0.05, 0.1) is 0 Å². The molecule has 68 valence electrons. The fraction of sp³-hybridized carbons (Fsp3) is 0.500. The Kier molecular flexibility index (Phi) is 1.58. The molecule has 0 aromatic rings. The first-order valence-corrected chi connectivity index (χ1v) is 5.28. The molecule has 0 aromatic heterocycles. The number of rotatable bonds is 0. The van der Waals surface area contributed by atoms with Crippen molar-refractivity contribution >= 4 is 0 Å². The molecule has 13 heavy (non-hydrogen) atoms. The minimum atomic E-state index is 0.710. The van der Waals surface area contributed by atoms with Gasteiger partial charge < -0.3 is 5.32 Å². The predicted molar refractivity (Wildman–Crippen MR) is 54.1 cm³/mol. The third-order valence-electron chi connectivity index (χ3n) is 3.48. The number of hydrogen-bond donors (Lipinski definition) is 1. The molecule has 3 aliphatic rings. The van der Waals surface area contributed by atoms with Crippen molar-refractivity contribution in [3.05, 3.63) is 35.6 Å². The molecule has 1 heteroatoms. The molecule has 0 amide bonds. The van der Waals surface area contributed by atoms with Gasteiger partial charge in [-0.2, -0.15) is 0 Å². The van der Waals surface area contributed by atoms with E-state index in [2.05, 4.69) is 29.6 Å². The predicted octanol–water partition coefficient (Wildman–Crippen LogP) is 2.39. The van der Waals surface area contributed by atoms with Crippen LogP contribution in [0.3, 0.4) is 0 Å². The zero-order chi connectivity index (χ0) is 8.67. The van der Waals surface area contributed by atoms with E-state index >= 15 is 0 Å². The second-order valence-electron chi connectivity index (χ2n) is 4.21. The topological polar surface area (TPSA) is 12.0 Å². The number of allylic oxidation sites excluding steroid dienone is 6. The summed E-state index contributed by atoms with van der Waals surface area (Å²) < 4.78 is 0. The van der Waals surface area contributed by atoms with Crippen molar-refractivity contribution < 1.29 is 0 Å². The molecule has 0 aromatic carbocycles. The quantitative estimate of drug-likeness (QED) is 0.593. The molecule has 0 spiro atoms. The summed E-state index contributed by atoms with van der Waals surface area (Å²) in [5, 5.41) is 3.55. The van der Waals surface area contributed by atoms with Crippen LogP contribution in [-0.4, -0.2) is 6.54 Å². The molecule has 1 fully saturated rings. The second kappa shape index (κ2) is 2.76. The number of hydrogen-bond acceptors (Lipinski definition) is 1. The van der Waals surface area contributed by atoms with Crippen LogP contribution in [0.25, 0.3) is 0 Å². The Morgan fingerprint density at radius 2 is 2.15 bits per heavy atom. The average Bonchev–Trinajstić information content (AvgIpc) is 2.65. The number of fused-ring (bicyclic) bond motifs is 2. The van der Waals surface area contributed by atoms with Gasteiger partial charge in [-0.3, -0.25) is 0 Å². The van der Waals surface area contributed by atoms with Gasteiger partial charge in [-0.15, -0.1) is 0 Å². The van der Waals surface area contributed by atoms with Crippen molar-refractivity contribution in [3.8, 4) is 0 Å². The van der Waals surface area contributed by atoms with Gasteiger partial charge in [0, 0.05) is 24.1 Å². The van der Waals surface area contributed by atoms with Gasteiger partial charge in [0.1, 0.15) is 0 Å². The Morgan fingerprint density at radius 3 is 3.15 bits per heavy atom. The molecule has 0 saturated carbocycles. The van der Waals surface area contributed by atoms with E-state index in [-0.39, 0.29) is 0 Å². The molecule has 3 rings (SSSR count). The first-order chi connectivity index (χ1) is 6.45. The van der Waals surface area contributed by atoms with E-state index in [1.54, 1.807) is 11.3 Å². The Bertz CT molecular complexity index is 309. The van der Waals surface area contributed by atoms with E-state index in [0.717, 1.165) is 5.92 Å². The van der Waals surface area contributed by atoms with Gasteiger partial charge in [-0.25, -0.2) is 0 Å². The molecule has 1 N–H and O–H groups in total. The van der Waals surface area contributed by atoms with Crippen LogP contribution in [0, 0.1) is 11.8 Å². The van der Waals surface area contributed by atoms with E-state index in [1.807, 2.05) is 0 Å². The molecule has 2 atom stereocenters. The van der Waals surface area contributed by atoms with Crippen LogP contribution in [-0.2, 0) is 0 Å². The van der Waals surface area contributed by atoms with Crippen LogP contribution in [0.1, 0.15) is 19.3 Å². The average molecular weight is 173 g/mol. The number of nitrogens with one attached hydrogen (secondary N) is 1. The summed E-state index contributed by atoms with van der Waals surface area (Å²) in [6.07, 6.45) is 13.1. The van der Waals surface area contributed by atoms with Gasteiger partial charge in [0.25, 0.3) is 0 Å². The van der Waals surface area contributed by atoms with Crippen LogP contribution < -0.4 is 5.32 Å². The second-order valence-corrected chi connectivity index (χ2v) is 4.21. The third kappa shape index (κ3) is 1.06. The minimum absolute atomic E-state index is 0.710. The van der Waals surface area contributed by atoms with E-state index < -0.39 is 0 Å². The fourth-order valence-corrected chi connectivity index (χ4v) is 2.80. The third-order valence-corrected chi connectivity index (χ3v) is 3.48. The van der Waals surface area contributed by atoms with Gasteiger partial charge in [-0.05, 0) is 24.8 Å². The van der Waals surface area contributed by atoms with Crippen molar-refractivity contribution in [2.45, 2.75) is 19.3 Å². The molecule has 0 bridgehead atoms. The summed E-state index contributed by atoms with van der Waals surface area (Å²) in [7, 11) is 0. The van der Waals surface area contributed by atoms with Crippen LogP contribution in [0.5, 0.6) is 0 Å². The van der Waals surface area contributed by atoms with Crippen LogP contribution in [0.4, 0.5) is 0 Å². The lowest BCUT2D eigenvalue weighted by Gasteiger charge is -2.28. The van der Waals surface area contributed by atoms with Crippen LogP contribution >= 0.6 is 0 Å². The van der Waals surface area contributed by atoms with E-state index in [9.17, 15) is 0 Å². The Hall–Kier alpha value is -0.980. The maximum atomic E-state index is 3.55. The first kappa shape index (κ1) is 7.43. The molecule has 2 unspecified atom stereocenters. The summed E-state index contributed by atoms with van der Waals surface area (Å²) >= 11 is 0. The molecule has 1 heterocycles. The SMILES string of the molecule is C1=CC2=C3NCCC3CCC2C=C1. The highest BCUT2D eigenvalue weighted by Gasteiger charge is 2.30. The van der Waals surface area contributed by atoms with Gasteiger partial charge in [0.2, 0.25) is 0 Å². The highest BCUT2D eigenvalue weighted by Crippen LogP contribution is 2.39. The lowest BCUT2D eigenvalue weighted by atomic mass is 9.78. The molecule has 0 radical (unpaired) electrons. The van der Waals surface area contributed by atoms with E-state index in [1.165, 1.54) is 25.8 Å². The zero-order valence-electron chi connectivity index (χ0n) is 7.79. The van der Waals surface area contributed by atoms with Crippen molar-refractivity contribution in [3.63, 3.8) is 0 Å². The Morgan fingerprint density at radius 1 is 1.15 bits per heavy atom. The molecular formula is C12H15N. The Balaban J connectivity index is 2.05. The molecule has 1 aliphatic heterocycles. The van der Waals surface area contributed by atoms with Gasteiger partial charge in [0.15, 0.2) is 0 Å². The summed E-state index contributed by atoms with van der Waals surface area (Å²) in [5.41, 5.74) is 3.12. The normalized spacial score (nSPS) is 35.7. The van der Waals surface area contributed by atoms with Crippen molar-refractivity contribution in [1.82, 2.24) is 5.32 Å². The molecule has 2 aliphatic carbocycles. The van der Waals surface area contributed by atoms with Crippen molar-refractivity contribution in [1.29, 1.82) is 0 Å². The minimum Gasteiger partial charge on any atom is -0.388 e. The zero-order valence-corrected chi connectivity index (χ0v) is 7.79. The summed E-state index contributed by atoms with van der Waals surface area (Å²) in [5.74, 6) is 1.56.